The molecule has 28 heavy (non-hydrogen) atoms. The van der Waals surface area contributed by atoms with Crippen LogP contribution in [0.1, 0.15) is 36.8 Å². The first-order valence-corrected chi connectivity index (χ1v) is 10.5. The first kappa shape index (κ1) is 22.1. The predicted molar refractivity (Wildman–Crippen MR) is 112 cm³/mol. The number of aliphatic hydroxyl groups excluding tert-OH is 1. The molecule has 1 aromatic rings. The Bertz CT molecular complexity index is 765. The van der Waals surface area contributed by atoms with Gasteiger partial charge in [0.25, 0.3) is 0 Å². The number of carbonyl (C=O) groups is 2. The Morgan fingerprint density at radius 3 is 2.96 bits per heavy atom. The Morgan fingerprint density at radius 2 is 2.21 bits per heavy atom. The minimum Gasteiger partial charge on any atom is -0.481 e. The number of thioether (sulfide) groups is 1. The third kappa shape index (κ3) is 7.41. The molecule has 1 unspecified atom stereocenters. The average Bonchev–Trinajstić information content (AvgIpc) is 2.66. The Labute approximate surface area is 170 Å². The van der Waals surface area contributed by atoms with Crippen molar-refractivity contribution in [3.05, 3.63) is 47.5 Å². The number of benzene rings is 1. The van der Waals surface area contributed by atoms with E-state index in [0.29, 0.717) is 25.1 Å². The number of rotatable bonds is 8. The maximum atomic E-state index is 12.3. The lowest BCUT2D eigenvalue weighted by Gasteiger charge is -2.32. The number of nitrogens with zero attached hydrogens (tertiary/aromatic N) is 1. The third-order valence-electron chi connectivity index (χ3n) is 4.67. The lowest BCUT2D eigenvalue weighted by molar-refractivity contribution is -0.136. The van der Waals surface area contributed by atoms with Crippen LogP contribution in [-0.2, 0) is 16.0 Å². The Hall–Kier alpha value is -2.23. The van der Waals surface area contributed by atoms with Gasteiger partial charge < -0.3 is 15.1 Å². The van der Waals surface area contributed by atoms with Crippen molar-refractivity contribution in [1.82, 2.24) is 4.90 Å². The highest BCUT2D eigenvalue weighted by atomic mass is 32.2. The summed E-state index contributed by atoms with van der Waals surface area (Å²) in [4.78, 5) is 24.5. The standard InChI is InChI=1S/C22H27NO4S/c1-17-6-2-3-7-18(17)16-20(24)11-10-19-8-4-9-21(25)23(19)13-5-14-28-15-12-22(26)27/h2-3,6-7,10-11,19-20,24H,4,8-9,12-13,15-16H2,1H3,(H,26,27)/b11-10+/t19-,20?/m1/s1. The van der Waals surface area contributed by atoms with Crippen molar-refractivity contribution in [2.45, 2.75) is 51.2 Å². The third-order valence-corrected chi connectivity index (χ3v) is 5.37. The van der Waals surface area contributed by atoms with E-state index in [0.717, 1.165) is 24.0 Å². The van der Waals surface area contributed by atoms with E-state index in [1.165, 1.54) is 11.8 Å². The van der Waals surface area contributed by atoms with Crippen LogP contribution in [0.5, 0.6) is 0 Å². The largest absolute Gasteiger partial charge is 0.481 e. The van der Waals surface area contributed by atoms with Crippen molar-refractivity contribution in [2.75, 3.05) is 12.3 Å². The molecule has 1 aromatic carbocycles. The van der Waals surface area contributed by atoms with Gasteiger partial charge in [0.2, 0.25) is 5.91 Å². The molecule has 1 saturated heterocycles. The van der Waals surface area contributed by atoms with Crippen molar-refractivity contribution in [2.24, 2.45) is 0 Å². The second kappa shape index (κ2) is 11.6. The second-order valence-electron chi connectivity index (χ2n) is 6.84. The van der Waals surface area contributed by atoms with Gasteiger partial charge in [-0.15, -0.1) is 0 Å². The van der Waals surface area contributed by atoms with Gasteiger partial charge in [0.15, 0.2) is 0 Å². The van der Waals surface area contributed by atoms with E-state index < -0.39 is 12.1 Å². The van der Waals surface area contributed by atoms with E-state index in [1.54, 1.807) is 11.0 Å². The van der Waals surface area contributed by atoms with Crippen LogP contribution in [-0.4, -0.2) is 51.4 Å². The van der Waals surface area contributed by atoms with Crippen LogP contribution in [0, 0.1) is 18.1 Å². The predicted octanol–water partition coefficient (Wildman–Crippen LogP) is 3.00. The van der Waals surface area contributed by atoms with E-state index in [1.807, 2.05) is 37.3 Å². The minimum atomic E-state index is -0.838. The van der Waals surface area contributed by atoms with Gasteiger partial charge in [-0.2, -0.15) is 0 Å². The number of amides is 1. The smallest absolute Gasteiger partial charge is 0.304 e. The van der Waals surface area contributed by atoms with Gasteiger partial charge in [-0.25, -0.2) is 0 Å². The Balaban J connectivity index is 1.90. The number of aryl methyl sites for hydroxylation is 1. The van der Waals surface area contributed by atoms with Crippen molar-refractivity contribution in [3.8, 4) is 11.2 Å². The number of carboxylic acid groups (broad SMARTS) is 1. The molecule has 2 N–H and O–H groups in total. The van der Waals surface area contributed by atoms with Crippen LogP contribution in [0.2, 0.25) is 0 Å². The fourth-order valence-electron chi connectivity index (χ4n) is 3.10. The highest BCUT2D eigenvalue weighted by molar-refractivity contribution is 8.03. The molecule has 2 rings (SSSR count). The summed E-state index contributed by atoms with van der Waals surface area (Å²) in [6.45, 7) is 2.35. The minimum absolute atomic E-state index is 0.0638. The number of carboxylic acids is 1. The highest BCUT2D eigenvalue weighted by Gasteiger charge is 2.25. The zero-order valence-electron chi connectivity index (χ0n) is 16.1. The summed E-state index contributed by atoms with van der Waals surface area (Å²) in [6.07, 6.45) is 5.92. The number of aliphatic hydroxyl groups is 1. The molecule has 1 fully saturated rings. The van der Waals surface area contributed by atoms with Crippen molar-refractivity contribution >= 4 is 23.6 Å². The lowest BCUT2D eigenvalue weighted by Crippen LogP contribution is -2.42. The Morgan fingerprint density at radius 1 is 1.43 bits per heavy atom. The van der Waals surface area contributed by atoms with Gasteiger partial charge >= 0.3 is 5.97 Å². The summed E-state index contributed by atoms with van der Waals surface area (Å²) < 4.78 is 0. The molecule has 0 radical (unpaired) electrons. The fourth-order valence-corrected chi connectivity index (χ4v) is 3.64. The normalized spacial score (nSPS) is 18.0. The maximum Gasteiger partial charge on any atom is 0.304 e. The van der Waals surface area contributed by atoms with Crippen LogP contribution < -0.4 is 0 Å². The van der Waals surface area contributed by atoms with Crippen LogP contribution in [0.25, 0.3) is 0 Å². The SMILES string of the molecule is Cc1ccccc1CC(O)/C=C/[C@H]1CCCC(=O)N1CC#CSCCC(=O)O. The zero-order chi connectivity index (χ0) is 20.4. The van der Waals surface area contributed by atoms with Gasteiger partial charge in [-0.3, -0.25) is 9.59 Å². The van der Waals surface area contributed by atoms with E-state index >= 15 is 0 Å². The summed E-state index contributed by atoms with van der Waals surface area (Å²) >= 11 is 1.26. The molecule has 5 nitrogen and oxygen atoms in total. The molecule has 150 valence electrons. The van der Waals surface area contributed by atoms with Crippen LogP contribution in [0.3, 0.4) is 0 Å². The molecule has 2 atom stereocenters. The fraction of sp³-hybridized carbons (Fsp3) is 0.455. The molecule has 6 heteroatoms. The number of piperidine rings is 1. The van der Waals surface area contributed by atoms with Crippen molar-refractivity contribution in [3.63, 3.8) is 0 Å². The molecular weight excluding hydrogens is 374 g/mol. The molecule has 0 bridgehead atoms. The van der Waals surface area contributed by atoms with Crippen molar-refractivity contribution in [1.29, 1.82) is 0 Å². The number of hydrogen-bond donors (Lipinski definition) is 2. The summed E-state index contributed by atoms with van der Waals surface area (Å²) in [6, 6.07) is 7.92. The number of likely N-dealkylation sites (tertiary alicyclic amines) is 1. The summed E-state index contributed by atoms with van der Waals surface area (Å²) in [7, 11) is 0. The molecule has 0 aliphatic carbocycles. The molecular formula is C22H27NO4S. The van der Waals surface area contributed by atoms with E-state index in [-0.39, 0.29) is 18.4 Å². The van der Waals surface area contributed by atoms with E-state index in [4.69, 9.17) is 5.11 Å². The summed E-state index contributed by atoms with van der Waals surface area (Å²) in [5, 5.41) is 21.8. The molecule has 1 amide bonds. The average molecular weight is 402 g/mol. The second-order valence-corrected chi connectivity index (χ2v) is 7.74. The molecule has 1 aliphatic heterocycles. The van der Waals surface area contributed by atoms with Gasteiger partial charge in [0, 0.05) is 18.6 Å². The van der Waals surface area contributed by atoms with Crippen LogP contribution >= 0.6 is 11.8 Å². The monoisotopic (exact) mass is 401 g/mol. The topological polar surface area (TPSA) is 77.8 Å². The molecule has 0 saturated carbocycles. The first-order valence-electron chi connectivity index (χ1n) is 9.49. The van der Waals surface area contributed by atoms with Gasteiger partial charge in [-0.1, -0.05) is 54.1 Å². The van der Waals surface area contributed by atoms with Crippen LogP contribution in [0.15, 0.2) is 36.4 Å². The lowest BCUT2D eigenvalue weighted by atomic mass is 9.98. The number of hydrogen-bond acceptors (Lipinski definition) is 4. The highest BCUT2D eigenvalue weighted by Crippen LogP contribution is 2.19. The molecule has 0 spiro atoms. The molecule has 0 aromatic heterocycles. The van der Waals surface area contributed by atoms with Gasteiger partial charge in [0.1, 0.15) is 0 Å². The van der Waals surface area contributed by atoms with E-state index in [9.17, 15) is 14.7 Å². The number of carbonyl (C=O) groups excluding carboxylic acids is 1. The zero-order valence-corrected chi connectivity index (χ0v) is 17.0. The van der Waals surface area contributed by atoms with Gasteiger partial charge in [0.05, 0.1) is 25.1 Å². The summed E-state index contributed by atoms with van der Waals surface area (Å²) in [5.41, 5.74) is 2.26. The summed E-state index contributed by atoms with van der Waals surface area (Å²) in [5.74, 6) is 2.62. The quantitative estimate of drug-likeness (QED) is 0.398. The first-order chi connectivity index (χ1) is 13.5. The van der Waals surface area contributed by atoms with Crippen molar-refractivity contribution < 1.29 is 19.8 Å². The number of aliphatic carboxylic acids is 1. The Kier molecular flexibility index (Phi) is 9.12. The van der Waals surface area contributed by atoms with E-state index in [2.05, 4.69) is 11.2 Å². The molecule has 1 heterocycles. The van der Waals surface area contributed by atoms with Crippen LogP contribution in [0.4, 0.5) is 0 Å². The van der Waals surface area contributed by atoms with Gasteiger partial charge in [-0.05, 0) is 36.1 Å². The maximum absolute atomic E-state index is 12.3. The molecule has 1 aliphatic rings.